The molecule has 0 aliphatic rings. The molecule has 0 unspecified atom stereocenters. The van der Waals surface area contributed by atoms with Crippen LogP contribution in [0.25, 0.3) is 0 Å². The zero-order chi connectivity index (χ0) is 10.6. The first kappa shape index (κ1) is 10.6. The fraction of sp³-hybridized carbons (Fsp3) is 0.222. The Kier molecular flexibility index (Phi) is 3.53. The van der Waals surface area contributed by atoms with Crippen molar-refractivity contribution in [1.29, 1.82) is 0 Å². The number of carboxylic acids is 1. The summed E-state index contributed by atoms with van der Waals surface area (Å²) in [5.74, 6) is -0.845. The Morgan fingerprint density at radius 2 is 2.00 bits per heavy atom. The first-order valence-electron chi connectivity index (χ1n) is 4.10. The second kappa shape index (κ2) is 4.67. The first-order valence-corrected chi connectivity index (χ1v) is 4.10. The van der Waals surface area contributed by atoms with E-state index >= 15 is 0 Å². The topological polar surface area (TPSA) is 69.6 Å². The van der Waals surface area contributed by atoms with E-state index in [4.69, 9.17) is 18.2 Å². The van der Waals surface area contributed by atoms with Gasteiger partial charge in [0.25, 0.3) is 0 Å². The van der Waals surface area contributed by atoms with Gasteiger partial charge >= 0.3 is 5.97 Å². The Morgan fingerprint density at radius 3 is 2.43 bits per heavy atom. The van der Waals surface area contributed by atoms with E-state index in [1.165, 1.54) is 12.1 Å². The largest absolute Gasteiger partial charge is 0.508 e. The predicted molar refractivity (Wildman–Crippen MR) is 52.1 cm³/mol. The molecule has 14 heavy (non-hydrogen) atoms. The van der Waals surface area contributed by atoms with Crippen molar-refractivity contribution in [2.75, 3.05) is 0 Å². The number of hydrogen-bond acceptors (Lipinski definition) is 3. The van der Waals surface area contributed by atoms with Crippen LogP contribution in [0.2, 0.25) is 0 Å². The lowest BCUT2D eigenvalue weighted by molar-refractivity contribution is -0.138. The minimum absolute atomic E-state index is 0.154. The van der Waals surface area contributed by atoms with Crippen molar-refractivity contribution in [2.45, 2.75) is 12.5 Å². The van der Waals surface area contributed by atoms with E-state index in [9.17, 15) is 4.79 Å². The monoisotopic (exact) mass is 191 g/mol. The normalized spacial score (nSPS) is 12.3. The number of aromatic hydroxyl groups is 1. The lowest BCUT2D eigenvalue weighted by Crippen LogP contribution is -2.36. The molecule has 3 N–H and O–H groups in total. The van der Waals surface area contributed by atoms with Gasteiger partial charge in [-0.15, -0.1) is 0 Å². The van der Waals surface area contributed by atoms with Gasteiger partial charge in [0.05, 0.1) is 6.04 Å². The highest BCUT2D eigenvalue weighted by molar-refractivity contribution is 6.06. The number of phenolic OH excluding ortho intramolecular Hbond substituents is 1. The maximum absolute atomic E-state index is 10.6. The number of hydrogen-bond donors (Lipinski definition) is 3. The maximum Gasteiger partial charge on any atom is 0.319 e. The van der Waals surface area contributed by atoms with E-state index in [1.54, 1.807) is 12.1 Å². The molecule has 72 valence electrons. The van der Waals surface area contributed by atoms with Gasteiger partial charge in [-0.3, -0.25) is 4.79 Å². The molecule has 0 bridgehead atoms. The first-order chi connectivity index (χ1) is 6.63. The Hall–Kier alpha value is -1.49. The summed E-state index contributed by atoms with van der Waals surface area (Å²) in [6.07, 6.45) is 0.284. The molecule has 0 saturated heterocycles. The van der Waals surface area contributed by atoms with Crippen LogP contribution in [0.3, 0.4) is 0 Å². The van der Waals surface area contributed by atoms with Crippen LogP contribution in [0.4, 0.5) is 0 Å². The highest BCUT2D eigenvalue weighted by atomic mass is 16.4. The molecule has 0 saturated carbocycles. The number of carboxylic acid groups (broad SMARTS) is 1. The average molecular weight is 191 g/mol. The molecule has 2 radical (unpaired) electrons. The van der Waals surface area contributed by atoms with Crippen LogP contribution >= 0.6 is 0 Å². The van der Waals surface area contributed by atoms with Crippen molar-refractivity contribution < 1.29 is 15.0 Å². The molecule has 1 aromatic carbocycles. The molecule has 1 atom stereocenters. The molecule has 1 aromatic rings. The summed E-state index contributed by atoms with van der Waals surface area (Å²) in [5.41, 5.74) is 0.799. The highest BCUT2D eigenvalue weighted by Gasteiger charge is 2.14. The zero-order valence-electron chi connectivity index (χ0n) is 7.47. The fourth-order valence-corrected chi connectivity index (χ4v) is 1.09. The van der Waals surface area contributed by atoms with E-state index in [1.807, 2.05) is 0 Å². The predicted octanol–water partition coefficient (Wildman–Crippen LogP) is 0.0610. The van der Waals surface area contributed by atoms with Gasteiger partial charge in [0.1, 0.15) is 5.75 Å². The molecule has 0 aromatic heterocycles. The number of nitrogens with one attached hydrogen (secondary N) is 1. The minimum Gasteiger partial charge on any atom is -0.508 e. The van der Waals surface area contributed by atoms with Gasteiger partial charge in [0, 0.05) is 0 Å². The SMILES string of the molecule is [B]N[C@@H](Cc1ccc(O)cc1)C(=O)O. The van der Waals surface area contributed by atoms with Crippen LogP contribution in [0.15, 0.2) is 24.3 Å². The number of rotatable bonds is 4. The summed E-state index contributed by atoms with van der Waals surface area (Å²) >= 11 is 0. The molecule has 0 aliphatic heterocycles. The van der Waals surface area contributed by atoms with Crippen molar-refractivity contribution in [3.63, 3.8) is 0 Å². The molecule has 0 aliphatic carbocycles. The summed E-state index contributed by atoms with van der Waals surface area (Å²) in [4.78, 5) is 10.6. The Morgan fingerprint density at radius 1 is 1.43 bits per heavy atom. The standard InChI is InChI=1S/C9H10BNO3/c10-11-8(9(13)14)5-6-1-3-7(12)4-2-6/h1-4,8,11-12H,5H2,(H,13,14)/t8-/m0/s1. The van der Waals surface area contributed by atoms with Gasteiger partial charge in [-0.1, -0.05) is 12.1 Å². The number of carbonyl (C=O) groups is 1. The maximum atomic E-state index is 10.6. The number of benzene rings is 1. The molecule has 1 rings (SSSR count). The van der Waals surface area contributed by atoms with Gasteiger partial charge in [0.15, 0.2) is 7.98 Å². The van der Waals surface area contributed by atoms with Crippen LogP contribution in [0.5, 0.6) is 5.75 Å². The molecule has 0 spiro atoms. The average Bonchev–Trinajstić information content (AvgIpc) is 2.16. The van der Waals surface area contributed by atoms with Gasteiger partial charge in [-0.05, 0) is 24.1 Å². The van der Waals surface area contributed by atoms with Gasteiger partial charge in [-0.25, -0.2) is 0 Å². The van der Waals surface area contributed by atoms with Crippen LogP contribution in [0, 0.1) is 0 Å². The minimum atomic E-state index is -0.999. The van der Waals surface area contributed by atoms with Crippen LogP contribution in [0.1, 0.15) is 5.56 Å². The van der Waals surface area contributed by atoms with Crippen molar-refractivity contribution in [2.24, 2.45) is 0 Å². The summed E-state index contributed by atoms with van der Waals surface area (Å²) in [6, 6.07) is 5.51. The lowest BCUT2D eigenvalue weighted by Gasteiger charge is -2.10. The summed E-state index contributed by atoms with van der Waals surface area (Å²) in [6.45, 7) is 0. The Balaban J connectivity index is 2.67. The third-order valence-corrected chi connectivity index (χ3v) is 1.88. The Bertz CT molecular complexity index is 312. The molecule has 0 heterocycles. The quantitative estimate of drug-likeness (QED) is 0.588. The third kappa shape index (κ3) is 2.78. The molecule has 4 nitrogen and oxygen atoms in total. The molecular weight excluding hydrogens is 181 g/mol. The second-order valence-corrected chi connectivity index (χ2v) is 2.93. The van der Waals surface area contributed by atoms with Crippen LogP contribution < -0.4 is 5.23 Å². The summed E-state index contributed by atoms with van der Waals surface area (Å²) in [5, 5.41) is 19.9. The van der Waals surface area contributed by atoms with E-state index in [2.05, 4.69) is 5.23 Å². The Labute approximate surface area is 83.0 Å². The molecule has 0 fully saturated rings. The van der Waals surface area contributed by atoms with Crippen molar-refractivity contribution >= 4 is 14.0 Å². The van der Waals surface area contributed by atoms with E-state index in [0.717, 1.165) is 5.56 Å². The van der Waals surface area contributed by atoms with E-state index in [-0.39, 0.29) is 12.2 Å². The van der Waals surface area contributed by atoms with Gasteiger partial charge in [-0.2, -0.15) is 0 Å². The lowest BCUT2D eigenvalue weighted by atomic mass is 10.0. The number of aliphatic carboxylic acids is 1. The van der Waals surface area contributed by atoms with Crippen LogP contribution in [-0.4, -0.2) is 30.2 Å². The van der Waals surface area contributed by atoms with Crippen molar-refractivity contribution in [1.82, 2.24) is 5.23 Å². The van der Waals surface area contributed by atoms with Gasteiger partial charge < -0.3 is 15.4 Å². The van der Waals surface area contributed by atoms with Crippen molar-refractivity contribution in [3.8, 4) is 5.75 Å². The summed E-state index contributed by atoms with van der Waals surface area (Å²) in [7, 11) is 5.07. The second-order valence-electron chi connectivity index (χ2n) is 2.93. The zero-order valence-corrected chi connectivity index (χ0v) is 7.47. The molecular formula is C9H10BNO3. The van der Waals surface area contributed by atoms with Crippen molar-refractivity contribution in [3.05, 3.63) is 29.8 Å². The third-order valence-electron chi connectivity index (χ3n) is 1.88. The highest BCUT2D eigenvalue weighted by Crippen LogP contribution is 2.11. The van der Waals surface area contributed by atoms with E-state index in [0.29, 0.717) is 0 Å². The number of phenols is 1. The summed E-state index contributed by atoms with van der Waals surface area (Å²) < 4.78 is 0. The van der Waals surface area contributed by atoms with Gasteiger partial charge in [0.2, 0.25) is 0 Å². The molecule has 5 heteroatoms. The van der Waals surface area contributed by atoms with Crippen LogP contribution in [-0.2, 0) is 11.2 Å². The van der Waals surface area contributed by atoms with E-state index < -0.39 is 12.0 Å². The molecule has 0 amide bonds. The fourth-order valence-electron chi connectivity index (χ4n) is 1.09. The smallest absolute Gasteiger partial charge is 0.319 e.